The predicted octanol–water partition coefficient (Wildman–Crippen LogP) is -3.56. The van der Waals surface area contributed by atoms with E-state index < -0.39 is 53.6 Å². The zero-order valence-corrected chi connectivity index (χ0v) is 20.0. The maximum absolute atomic E-state index is 12.0. The number of nitrogens with one attached hydrogen (secondary N) is 5. The maximum atomic E-state index is 12.0. The second-order valence-electron chi connectivity index (χ2n) is 8.83. The van der Waals surface area contributed by atoms with Crippen molar-refractivity contribution in [1.29, 1.82) is 0 Å². The third kappa shape index (κ3) is 10.0. The molecule has 7 N–H and O–H groups in total. The van der Waals surface area contributed by atoms with E-state index in [2.05, 4.69) is 26.6 Å². The lowest BCUT2D eigenvalue weighted by Gasteiger charge is -2.23. The standard InChI is InChI=1S/C20H34N6O9/c1-20(2,3)35-19(31)26-11-8-32-18-12(9-33-17(11)18)34-10-25-16(30)7-24-15(29)6-23-14(28)5-22-13(27)4-21/h11-12,17-18H,4-10,21H2,1-3H3,(H,22,27)(H,23,28)(H,24,29)(H,25,30)(H,26,31)/t11-,12+,17+,18+/m0/s1. The lowest BCUT2D eigenvalue weighted by Crippen LogP contribution is -2.46. The minimum Gasteiger partial charge on any atom is -0.444 e. The molecule has 0 bridgehead atoms. The summed E-state index contributed by atoms with van der Waals surface area (Å²) in [5, 5.41) is 12.1. The summed E-state index contributed by atoms with van der Waals surface area (Å²) in [6.45, 7) is 4.37. The summed E-state index contributed by atoms with van der Waals surface area (Å²) in [5.74, 6) is -2.17. The van der Waals surface area contributed by atoms with Crippen LogP contribution in [0.4, 0.5) is 4.79 Å². The first-order valence-corrected chi connectivity index (χ1v) is 11.1. The number of hydrogen-bond donors (Lipinski definition) is 6. The molecular weight excluding hydrogens is 468 g/mol. The number of carbonyl (C=O) groups excluding carboxylic acids is 5. The molecule has 15 heteroatoms. The van der Waals surface area contributed by atoms with Crippen LogP contribution in [0, 0.1) is 0 Å². The van der Waals surface area contributed by atoms with Gasteiger partial charge in [-0.25, -0.2) is 4.79 Å². The van der Waals surface area contributed by atoms with Crippen LogP contribution in [0.5, 0.6) is 0 Å². The van der Waals surface area contributed by atoms with Crippen molar-refractivity contribution in [3.63, 3.8) is 0 Å². The summed E-state index contributed by atoms with van der Waals surface area (Å²) >= 11 is 0. The number of nitrogens with two attached hydrogens (primary N) is 1. The number of fused-ring (bicyclic) bond motifs is 1. The third-order valence-electron chi connectivity index (χ3n) is 4.80. The molecule has 2 aliphatic heterocycles. The summed E-state index contributed by atoms with van der Waals surface area (Å²) in [4.78, 5) is 58.1. The topological polar surface area (TPSA) is 208 Å². The maximum Gasteiger partial charge on any atom is 0.408 e. The number of amides is 5. The lowest BCUT2D eigenvalue weighted by molar-refractivity contribution is -0.129. The molecule has 0 radical (unpaired) electrons. The fraction of sp³-hybridized carbons (Fsp3) is 0.750. The average Bonchev–Trinajstić information content (AvgIpc) is 3.36. The molecule has 2 aliphatic rings. The van der Waals surface area contributed by atoms with Gasteiger partial charge < -0.3 is 51.3 Å². The molecule has 2 heterocycles. The van der Waals surface area contributed by atoms with E-state index in [0.717, 1.165) is 0 Å². The minimum atomic E-state index is -0.625. The van der Waals surface area contributed by atoms with Crippen LogP contribution in [-0.2, 0) is 38.1 Å². The smallest absolute Gasteiger partial charge is 0.408 e. The molecule has 0 unspecified atom stereocenters. The molecule has 0 aliphatic carbocycles. The van der Waals surface area contributed by atoms with Crippen molar-refractivity contribution in [2.45, 2.75) is 50.7 Å². The normalized spacial score (nSPS) is 23.1. The van der Waals surface area contributed by atoms with E-state index in [1.54, 1.807) is 20.8 Å². The van der Waals surface area contributed by atoms with Crippen LogP contribution in [0.25, 0.3) is 0 Å². The zero-order chi connectivity index (χ0) is 26.0. The predicted molar refractivity (Wildman–Crippen MR) is 119 cm³/mol. The Kier molecular flexibility index (Phi) is 10.6. The second kappa shape index (κ2) is 13.2. The van der Waals surface area contributed by atoms with Gasteiger partial charge in [-0.05, 0) is 20.8 Å². The number of carbonyl (C=O) groups is 5. The molecule has 0 aromatic rings. The molecule has 5 amide bonds. The van der Waals surface area contributed by atoms with E-state index in [4.69, 9.17) is 24.7 Å². The highest BCUT2D eigenvalue weighted by Gasteiger charge is 2.49. The van der Waals surface area contributed by atoms with Crippen LogP contribution < -0.4 is 32.3 Å². The van der Waals surface area contributed by atoms with Crippen molar-refractivity contribution in [2.24, 2.45) is 5.73 Å². The molecular formula is C20H34N6O9. The molecule has 2 fully saturated rings. The quantitative estimate of drug-likeness (QED) is 0.153. The van der Waals surface area contributed by atoms with Gasteiger partial charge in [-0.2, -0.15) is 0 Å². The molecule has 15 nitrogen and oxygen atoms in total. The van der Waals surface area contributed by atoms with Gasteiger partial charge in [-0.15, -0.1) is 0 Å². The molecule has 4 atom stereocenters. The van der Waals surface area contributed by atoms with Gasteiger partial charge in [0.05, 0.1) is 45.4 Å². The Bertz CT molecular complexity index is 788. The van der Waals surface area contributed by atoms with Crippen LogP contribution in [0.2, 0.25) is 0 Å². The number of ether oxygens (including phenoxy) is 4. The first kappa shape index (κ1) is 28.2. The van der Waals surface area contributed by atoms with E-state index in [1.807, 2.05) is 0 Å². The highest BCUT2D eigenvalue weighted by Crippen LogP contribution is 2.29. The van der Waals surface area contributed by atoms with Gasteiger partial charge in [-0.1, -0.05) is 0 Å². The highest BCUT2D eigenvalue weighted by atomic mass is 16.6. The van der Waals surface area contributed by atoms with E-state index >= 15 is 0 Å². The van der Waals surface area contributed by atoms with E-state index in [-0.39, 0.29) is 52.2 Å². The first-order valence-electron chi connectivity index (χ1n) is 11.1. The van der Waals surface area contributed by atoms with Crippen LogP contribution in [0.3, 0.4) is 0 Å². The van der Waals surface area contributed by atoms with Crippen molar-refractivity contribution in [3.05, 3.63) is 0 Å². The molecule has 0 aromatic heterocycles. The van der Waals surface area contributed by atoms with Crippen molar-refractivity contribution in [3.8, 4) is 0 Å². The minimum absolute atomic E-state index is 0.142. The first-order chi connectivity index (χ1) is 16.5. The Balaban J connectivity index is 1.59. The molecule has 198 valence electrons. The Morgan fingerprint density at radius 3 is 1.94 bits per heavy atom. The van der Waals surface area contributed by atoms with Gasteiger partial charge in [0.25, 0.3) is 0 Å². The van der Waals surface area contributed by atoms with Crippen molar-refractivity contribution in [1.82, 2.24) is 26.6 Å². The molecule has 0 aromatic carbocycles. The fourth-order valence-electron chi connectivity index (χ4n) is 3.22. The number of hydrogen-bond acceptors (Lipinski definition) is 10. The van der Waals surface area contributed by atoms with Crippen LogP contribution in [0.1, 0.15) is 20.8 Å². The van der Waals surface area contributed by atoms with Crippen LogP contribution >= 0.6 is 0 Å². The van der Waals surface area contributed by atoms with E-state index in [0.29, 0.717) is 0 Å². The summed E-state index contributed by atoms with van der Waals surface area (Å²) in [6.07, 6.45) is -1.83. The van der Waals surface area contributed by atoms with Gasteiger partial charge >= 0.3 is 6.09 Å². The number of alkyl carbamates (subject to hydrolysis) is 1. The van der Waals surface area contributed by atoms with Gasteiger partial charge in [0.15, 0.2) is 0 Å². The number of rotatable bonds is 11. The fourth-order valence-corrected chi connectivity index (χ4v) is 3.22. The molecule has 2 saturated heterocycles. The Hall–Kier alpha value is -3.01. The summed E-state index contributed by atoms with van der Waals surface area (Å²) in [5.41, 5.74) is 4.47. The highest BCUT2D eigenvalue weighted by molar-refractivity contribution is 5.90. The zero-order valence-electron chi connectivity index (χ0n) is 20.0. The monoisotopic (exact) mass is 502 g/mol. The molecule has 0 saturated carbocycles. The van der Waals surface area contributed by atoms with Gasteiger partial charge in [0.1, 0.15) is 30.6 Å². The van der Waals surface area contributed by atoms with Gasteiger partial charge in [0.2, 0.25) is 23.6 Å². The van der Waals surface area contributed by atoms with Gasteiger partial charge in [-0.3, -0.25) is 19.2 Å². The van der Waals surface area contributed by atoms with Gasteiger partial charge in [0, 0.05) is 0 Å². The second-order valence-corrected chi connectivity index (χ2v) is 8.83. The largest absolute Gasteiger partial charge is 0.444 e. The lowest BCUT2D eigenvalue weighted by atomic mass is 10.1. The Morgan fingerprint density at radius 1 is 0.829 bits per heavy atom. The Labute approximate surface area is 202 Å². The summed E-state index contributed by atoms with van der Waals surface area (Å²) < 4.78 is 22.3. The summed E-state index contributed by atoms with van der Waals surface area (Å²) in [6, 6.07) is -0.384. The van der Waals surface area contributed by atoms with Crippen molar-refractivity contribution in [2.75, 3.05) is 46.1 Å². The summed E-state index contributed by atoms with van der Waals surface area (Å²) in [7, 11) is 0. The van der Waals surface area contributed by atoms with Crippen molar-refractivity contribution < 1.29 is 42.9 Å². The van der Waals surface area contributed by atoms with E-state index in [1.165, 1.54) is 0 Å². The Morgan fingerprint density at radius 2 is 1.37 bits per heavy atom. The van der Waals surface area contributed by atoms with E-state index in [9.17, 15) is 24.0 Å². The third-order valence-corrected chi connectivity index (χ3v) is 4.80. The molecule has 0 spiro atoms. The van der Waals surface area contributed by atoms with Crippen molar-refractivity contribution >= 4 is 29.7 Å². The van der Waals surface area contributed by atoms with Crippen LogP contribution in [-0.4, -0.2) is 106 Å². The molecule has 2 rings (SSSR count). The average molecular weight is 503 g/mol. The van der Waals surface area contributed by atoms with Crippen LogP contribution in [0.15, 0.2) is 0 Å². The SMILES string of the molecule is CC(C)(C)OC(=O)N[C@H]1CO[C@H]2[C@@H]1OC[C@H]2OCNC(=O)CNC(=O)CNC(=O)CNC(=O)CN. The molecule has 35 heavy (non-hydrogen) atoms.